The molecule has 1 atom stereocenters. The van der Waals surface area contributed by atoms with E-state index in [-0.39, 0.29) is 30.8 Å². The molecule has 0 radical (unpaired) electrons. The maximum atomic E-state index is 13.7. The largest absolute Gasteiger partial charge is 0.496 e. The van der Waals surface area contributed by atoms with Crippen molar-refractivity contribution in [2.24, 2.45) is 0 Å². The first kappa shape index (κ1) is 24.0. The molecule has 0 aliphatic heterocycles. The minimum atomic E-state index is -0.784. The van der Waals surface area contributed by atoms with E-state index in [4.69, 9.17) is 4.74 Å². The zero-order valence-electron chi connectivity index (χ0n) is 19.5. The third-order valence-corrected chi connectivity index (χ3v) is 7.15. The number of nitrogens with zero attached hydrogens (tertiary/aromatic N) is 2. The lowest BCUT2D eigenvalue weighted by Crippen LogP contribution is -2.47. The predicted molar refractivity (Wildman–Crippen MR) is 134 cm³/mol. The number of thiophene rings is 1. The van der Waals surface area contributed by atoms with Crippen LogP contribution in [0.5, 0.6) is 5.75 Å². The molecule has 0 spiro atoms. The van der Waals surface area contributed by atoms with Gasteiger partial charge in [0.25, 0.3) is 0 Å². The van der Waals surface area contributed by atoms with Gasteiger partial charge in [-0.25, -0.2) is 0 Å². The molecule has 2 amide bonds. The van der Waals surface area contributed by atoms with Gasteiger partial charge in [0.1, 0.15) is 11.8 Å². The van der Waals surface area contributed by atoms with Crippen LogP contribution in [0.25, 0.3) is 0 Å². The van der Waals surface area contributed by atoms with Crippen molar-refractivity contribution in [3.63, 3.8) is 0 Å². The van der Waals surface area contributed by atoms with E-state index in [1.54, 1.807) is 41.8 Å². The van der Waals surface area contributed by atoms with Crippen molar-refractivity contribution in [1.29, 1.82) is 0 Å². The Bertz CT molecular complexity index is 1070. The zero-order valence-corrected chi connectivity index (χ0v) is 20.3. The van der Waals surface area contributed by atoms with E-state index >= 15 is 0 Å². The zero-order chi connectivity index (χ0) is 23.8. The summed E-state index contributed by atoms with van der Waals surface area (Å²) in [6.45, 7) is 0.256. The number of pyridine rings is 1. The highest BCUT2D eigenvalue weighted by Crippen LogP contribution is 2.29. The molecule has 1 unspecified atom stereocenters. The highest BCUT2D eigenvalue weighted by atomic mass is 32.1. The second-order valence-corrected chi connectivity index (χ2v) is 9.65. The molecule has 34 heavy (non-hydrogen) atoms. The standard InChI is InChI=1S/C27H31N3O3S/c1-33-24-14-6-5-9-21(24)19-30(25(31)17-23-13-8-16-34-23)26(20-10-7-15-28-18-20)27(32)29-22-11-3-2-4-12-22/h5-10,13-16,18,22,26H,2-4,11-12,17,19H2,1H3,(H,29,32). The fourth-order valence-corrected chi connectivity index (χ4v) is 5.24. The first-order valence-electron chi connectivity index (χ1n) is 11.8. The molecule has 3 aromatic rings. The van der Waals surface area contributed by atoms with Crippen LogP contribution in [0.2, 0.25) is 0 Å². The van der Waals surface area contributed by atoms with Gasteiger partial charge < -0.3 is 15.0 Å². The number of carbonyl (C=O) groups excluding carboxylic acids is 2. The van der Waals surface area contributed by atoms with Gasteiger partial charge in [-0.2, -0.15) is 0 Å². The summed E-state index contributed by atoms with van der Waals surface area (Å²) in [5.74, 6) is 0.421. The number of benzene rings is 1. The molecule has 178 valence electrons. The monoisotopic (exact) mass is 477 g/mol. The van der Waals surface area contributed by atoms with Crippen LogP contribution in [0.15, 0.2) is 66.3 Å². The molecule has 1 saturated carbocycles. The number of aromatic nitrogens is 1. The minimum Gasteiger partial charge on any atom is -0.496 e. The van der Waals surface area contributed by atoms with Gasteiger partial charge in [-0.15, -0.1) is 11.3 Å². The molecule has 1 fully saturated rings. The number of nitrogens with one attached hydrogen (secondary N) is 1. The first-order chi connectivity index (χ1) is 16.7. The van der Waals surface area contributed by atoms with Crippen molar-refractivity contribution in [2.75, 3.05) is 7.11 Å². The Kier molecular flexibility index (Phi) is 8.31. The van der Waals surface area contributed by atoms with Crippen LogP contribution in [0.1, 0.15) is 54.1 Å². The van der Waals surface area contributed by atoms with Gasteiger partial charge >= 0.3 is 0 Å². The predicted octanol–water partition coefficient (Wildman–Crippen LogP) is 4.91. The lowest BCUT2D eigenvalue weighted by Gasteiger charge is -2.33. The number of para-hydroxylation sites is 1. The third kappa shape index (κ3) is 6.03. The summed E-state index contributed by atoms with van der Waals surface area (Å²) in [5, 5.41) is 5.20. The third-order valence-electron chi connectivity index (χ3n) is 6.27. The van der Waals surface area contributed by atoms with Crippen molar-refractivity contribution >= 4 is 23.2 Å². The van der Waals surface area contributed by atoms with Crippen LogP contribution in [0.3, 0.4) is 0 Å². The minimum absolute atomic E-state index is 0.110. The van der Waals surface area contributed by atoms with Crippen molar-refractivity contribution < 1.29 is 14.3 Å². The summed E-state index contributed by atoms with van der Waals surface area (Å²) < 4.78 is 5.55. The number of ether oxygens (including phenoxy) is 1. The molecule has 7 heteroatoms. The van der Waals surface area contributed by atoms with E-state index < -0.39 is 6.04 Å². The van der Waals surface area contributed by atoms with E-state index in [0.29, 0.717) is 11.3 Å². The number of hydrogen-bond donors (Lipinski definition) is 1. The summed E-state index contributed by atoms with van der Waals surface area (Å²) in [5.41, 5.74) is 1.55. The maximum absolute atomic E-state index is 13.7. The van der Waals surface area contributed by atoms with Gasteiger partial charge in [0, 0.05) is 34.4 Å². The Morgan fingerprint density at radius 1 is 1.12 bits per heavy atom. The van der Waals surface area contributed by atoms with Gasteiger partial charge in [0.15, 0.2) is 0 Å². The normalized spacial score (nSPS) is 14.9. The number of methoxy groups -OCH3 is 1. The number of hydrogen-bond acceptors (Lipinski definition) is 5. The van der Waals surface area contributed by atoms with Crippen LogP contribution < -0.4 is 10.1 Å². The maximum Gasteiger partial charge on any atom is 0.247 e. The Morgan fingerprint density at radius 3 is 2.65 bits per heavy atom. The molecule has 1 aromatic carbocycles. The molecule has 1 aliphatic rings. The van der Waals surface area contributed by atoms with Crippen LogP contribution in [0, 0.1) is 0 Å². The molecule has 2 heterocycles. The lowest BCUT2D eigenvalue weighted by atomic mass is 9.94. The van der Waals surface area contributed by atoms with Gasteiger partial charge in [-0.1, -0.05) is 49.6 Å². The summed E-state index contributed by atoms with van der Waals surface area (Å²) in [4.78, 5) is 34.4. The fraction of sp³-hybridized carbons (Fsp3) is 0.370. The summed E-state index contributed by atoms with van der Waals surface area (Å²) in [6.07, 6.45) is 8.98. The van der Waals surface area contributed by atoms with Gasteiger partial charge in [0.05, 0.1) is 20.1 Å². The number of carbonyl (C=O) groups is 2. The molecule has 6 nitrogen and oxygen atoms in total. The van der Waals surface area contributed by atoms with Crippen molar-refractivity contribution in [1.82, 2.24) is 15.2 Å². The van der Waals surface area contributed by atoms with Crippen molar-refractivity contribution in [3.05, 3.63) is 82.3 Å². The number of rotatable bonds is 9. The van der Waals surface area contributed by atoms with Crippen molar-refractivity contribution in [3.8, 4) is 5.75 Å². The Labute approximate surface area is 205 Å². The molecular formula is C27H31N3O3S. The number of amides is 2. The molecule has 2 aromatic heterocycles. The van der Waals surface area contributed by atoms with E-state index in [0.717, 1.165) is 36.1 Å². The summed E-state index contributed by atoms with van der Waals surface area (Å²) in [7, 11) is 1.62. The molecule has 4 rings (SSSR count). The van der Waals surface area contributed by atoms with Crippen LogP contribution in [-0.2, 0) is 22.6 Å². The summed E-state index contributed by atoms with van der Waals surface area (Å²) >= 11 is 1.54. The molecule has 0 saturated heterocycles. The lowest BCUT2D eigenvalue weighted by molar-refractivity contribution is -0.141. The van der Waals surface area contributed by atoms with Gasteiger partial charge in [-0.3, -0.25) is 14.6 Å². The SMILES string of the molecule is COc1ccccc1CN(C(=O)Cc1cccs1)C(C(=O)NC1CCCCC1)c1cccnc1. The highest BCUT2D eigenvalue weighted by Gasteiger charge is 2.33. The van der Waals surface area contributed by atoms with Crippen LogP contribution in [0.4, 0.5) is 0 Å². The second-order valence-electron chi connectivity index (χ2n) is 8.62. The van der Waals surface area contributed by atoms with E-state index in [2.05, 4.69) is 10.3 Å². The van der Waals surface area contributed by atoms with Crippen LogP contribution in [-0.4, -0.2) is 34.8 Å². The van der Waals surface area contributed by atoms with Gasteiger partial charge in [0.2, 0.25) is 11.8 Å². The quantitative estimate of drug-likeness (QED) is 0.475. The molecular weight excluding hydrogens is 446 g/mol. The Hall–Kier alpha value is -3.19. The smallest absolute Gasteiger partial charge is 0.247 e. The van der Waals surface area contributed by atoms with E-state index in [1.165, 1.54) is 6.42 Å². The molecule has 1 aliphatic carbocycles. The second kappa shape index (κ2) is 11.8. The van der Waals surface area contributed by atoms with E-state index in [9.17, 15) is 9.59 Å². The van der Waals surface area contributed by atoms with E-state index in [1.807, 2.05) is 47.8 Å². The Morgan fingerprint density at radius 2 is 1.94 bits per heavy atom. The summed E-state index contributed by atoms with van der Waals surface area (Å²) in [6, 6.07) is 14.5. The topological polar surface area (TPSA) is 71.5 Å². The van der Waals surface area contributed by atoms with Crippen LogP contribution >= 0.6 is 11.3 Å². The fourth-order valence-electron chi connectivity index (χ4n) is 4.54. The Balaban J connectivity index is 1.69. The average molecular weight is 478 g/mol. The highest BCUT2D eigenvalue weighted by molar-refractivity contribution is 7.10. The van der Waals surface area contributed by atoms with Crippen molar-refractivity contribution in [2.45, 2.75) is 57.2 Å². The molecule has 1 N–H and O–H groups in total. The first-order valence-corrected chi connectivity index (χ1v) is 12.7. The average Bonchev–Trinajstić information content (AvgIpc) is 3.38. The van der Waals surface area contributed by atoms with Gasteiger partial charge in [-0.05, 0) is 36.4 Å². The molecule has 0 bridgehead atoms.